The fraction of sp³-hybridized carbons (Fsp3) is 0.375. The number of esters is 1. The number of ether oxygens (including phenoxy) is 2. The van der Waals surface area contributed by atoms with Gasteiger partial charge in [-0.1, -0.05) is 30.3 Å². The van der Waals surface area contributed by atoms with Crippen molar-refractivity contribution in [2.45, 2.75) is 18.5 Å². The van der Waals surface area contributed by atoms with Crippen molar-refractivity contribution in [3.8, 4) is 5.75 Å². The molecule has 0 spiro atoms. The summed E-state index contributed by atoms with van der Waals surface area (Å²) in [5.41, 5.74) is 1.30. The largest absolute Gasteiger partial charge is 0.497 e. The Morgan fingerprint density at radius 3 is 2.28 bits per heavy atom. The van der Waals surface area contributed by atoms with Gasteiger partial charge in [0.2, 0.25) is 15.9 Å². The third kappa shape index (κ3) is 6.95. The van der Waals surface area contributed by atoms with Gasteiger partial charge in [0.1, 0.15) is 17.8 Å². The molecule has 1 aliphatic heterocycles. The minimum atomic E-state index is -3.77. The van der Waals surface area contributed by atoms with Gasteiger partial charge in [-0.25, -0.2) is 18.0 Å². The van der Waals surface area contributed by atoms with Crippen molar-refractivity contribution in [3.63, 3.8) is 0 Å². The topological polar surface area (TPSA) is 134 Å². The first-order valence-electron chi connectivity index (χ1n) is 11.2. The maximum atomic E-state index is 13.3. The summed E-state index contributed by atoms with van der Waals surface area (Å²) in [5, 5.41) is 5.35. The van der Waals surface area contributed by atoms with Crippen molar-refractivity contribution in [3.05, 3.63) is 60.2 Å². The Kier molecular flexibility index (Phi) is 8.88. The number of carbonyl (C=O) groups excluding carboxylic acids is 3. The van der Waals surface area contributed by atoms with Crippen LogP contribution in [0, 0.1) is 0 Å². The van der Waals surface area contributed by atoms with E-state index >= 15 is 0 Å². The van der Waals surface area contributed by atoms with Gasteiger partial charge in [-0.15, -0.1) is 0 Å². The lowest BCUT2D eigenvalue weighted by molar-refractivity contribution is -0.145. The first-order valence-corrected chi connectivity index (χ1v) is 13.1. The molecule has 0 saturated carbocycles. The lowest BCUT2D eigenvalue weighted by Crippen LogP contribution is -2.63. The van der Waals surface area contributed by atoms with Crippen molar-refractivity contribution in [1.29, 1.82) is 0 Å². The van der Waals surface area contributed by atoms with Crippen molar-refractivity contribution < 1.29 is 32.3 Å². The molecule has 0 aromatic heterocycles. The number of nitrogens with one attached hydrogen (secondary N) is 2. The van der Waals surface area contributed by atoms with Crippen LogP contribution in [0.3, 0.4) is 0 Å². The van der Waals surface area contributed by atoms with E-state index in [0.29, 0.717) is 11.4 Å². The number of piperazine rings is 1. The van der Waals surface area contributed by atoms with E-state index in [1.54, 1.807) is 48.5 Å². The van der Waals surface area contributed by atoms with Gasteiger partial charge >= 0.3 is 12.0 Å². The lowest BCUT2D eigenvalue weighted by Gasteiger charge is -2.39. The Balaban J connectivity index is 1.77. The predicted octanol–water partition coefficient (Wildman–Crippen LogP) is 1.07. The van der Waals surface area contributed by atoms with E-state index in [4.69, 9.17) is 9.47 Å². The summed E-state index contributed by atoms with van der Waals surface area (Å²) in [5.74, 6) is -0.751. The highest BCUT2D eigenvalue weighted by Crippen LogP contribution is 2.17. The summed E-state index contributed by atoms with van der Waals surface area (Å²) in [6.07, 6.45) is 1.12. The van der Waals surface area contributed by atoms with Crippen molar-refractivity contribution in [2.75, 3.05) is 45.4 Å². The minimum Gasteiger partial charge on any atom is -0.497 e. The number of rotatable bonds is 8. The van der Waals surface area contributed by atoms with E-state index in [-0.39, 0.29) is 26.1 Å². The van der Waals surface area contributed by atoms with Gasteiger partial charge in [-0.3, -0.25) is 4.79 Å². The highest BCUT2D eigenvalue weighted by molar-refractivity contribution is 7.88. The van der Waals surface area contributed by atoms with E-state index in [1.165, 1.54) is 19.1 Å². The number of hydrogen-bond donors (Lipinski definition) is 2. The van der Waals surface area contributed by atoms with E-state index in [2.05, 4.69) is 10.6 Å². The van der Waals surface area contributed by atoms with Crippen LogP contribution in [0.25, 0.3) is 0 Å². The number of hydrogen-bond acceptors (Lipinski definition) is 7. The first kappa shape index (κ1) is 27.0. The lowest BCUT2D eigenvalue weighted by atomic mass is 10.0. The Bertz CT molecular complexity index is 1170. The number of sulfonamides is 1. The molecule has 194 valence electrons. The summed E-state index contributed by atoms with van der Waals surface area (Å²) in [4.78, 5) is 39.9. The Morgan fingerprint density at radius 2 is 1.69 bits per heavy atom. The Labute approximate surface area is 210 Å². The molecule has 1 saturated heterocycles. The number of amides is 3. The molecule has 12 heteroatoms. The fourth-order valence-corrected chi connectivity index (χ4v) is 4.92. The molecule has 2 unspecified atom stereocenters. The molecule has 11 nitrogen and oxygen atoms in total. The monoisotopic (exact) mass is 518 g/mol. The van der Waals surface area contributed by atoms with Gasteiger partial charge in [-0.05, 0) is 29.8 Å². The number of methoxy groups -OCH3 is 2. The summed E-state index contributed by atoms with van der Waals surface area (Å²) in [6, 6.07) is 13.0. The first-order chi connectivity index (χ1) is 17.1. The number of anilines is 1. The van der Waals surface area contributed by atoms with E-state index < -0.39 is 40.0 Å². The van der Waals surface area contributed by atoms with Gasteiger partial charge in [-0.2, -0.15) is 4.31 Å². The predicted molar refractivity (Wildman–Crippen MR) is 133 cm³/mol. The highest BCUT2D eigenvalue weighted by atomic mass is 32.2. The van der Waals surface area contributed by atoms with Gasteiger partial charge in [0.15, 0.2) is 0 Å². The number of para-hydroxylation sites is 1. The highest BCUT2D eigenvalue weighted by Gasteiger charge is 2.40. The third-order valence-electron chi connectivity index (χ3n) is 5.77. The Hall–Kier alpha value is -3.64. The second kappa shape index (κ2) is 11.9. The fourth-order valence-electron chi connectivity index (χ4n) is 3.89. The summed E-state index contributed by atoms with van der Waals surface area (Å²) >= 11 is 0. The summed E-state index contributed by atoms with van der Waals surface area (Å²) < 4.78 is 35.9. The second-order valence-electron chi connectivity index (χ2n) is 8.27. The summed E-state index contributed by atoms with van der Waals surface area (Å²) in [7, 11) is -1.03. The SMILES string of the molecule is COC(=O)C(Cc1ccc(OC)cc1)NC(=O)C1CN(C(=O)Nc2ccccc2)CCN1S(C)(=O)=O. The van der Waals surface area contributed by atoms with Crippen LogP contribution in [0.4, 0.5) is 10.5 Å². The minimum absolute atomic E-state index is 0.0689. The number of nitrogens with zero attached hydrogens (tertiary/aromatic N) is 2. The molecule has 3 rings (SSSR count). The van der Waals surface area contributed by atoms with E-state index in [9.17, 15) is 22.8 Å². The smallest absolute Gasteiger partial charge is 0.328 e. The molecule has 2 N–H and O–H groups in total. The standard InChI is InChI=1S/C24H30N4O7S/c1-34-19-11-9-17(10-12-19)15-20(23(30)35-2)26-22(29)21-16-27(13-14-28(21)36(3,32)33)24(31)25-18-7-5-4-6-8-18/h4-12,20-21H,13-16H2,1-3H3,(H,25,31)(H,26,29). The average Bonchev–Trinajstić information content (AvgIpc) is 2.87. The molecule has 0 aliphatic carbocycles. The zero-order valence-electron chi connectivity index (χ0n) is 20.3. The molecule has 1 fully saturated rings. The molecule has 0 radical (unpaired) electrons. The molecule has 1 aliphatic rings. The van der Waals surface area contributed by atoms with Crippen LogP contribution in [0.2, 0.25) is 0 Å². The maximum Gasteiger partial charge on any atom is 0.328 e. The number of benzene rings is 2. The molecular weight excluding hydrogens is 488 g/mol. The van der Waals surface area contributed by atoms with E-state index in [1.807, 2.05) is 6.07 Å². The molecule has 0 bridgehead atoms. The van der Waals surface area contributed by atoms with Gasteiger partial charge in [0.25, 0.3) is 0 Å². The molecule has 36 heavy (non-hydrogen) atoms. The van der Waals surface area contributed by atoms with Crippen LogP contribution in [-0.2, 0) is 30.8 Å². The zero-order chi connectivity index (χ0) is 26.3. The van der Waals surface area contributed by atoms with Gasteiger partial charge in [0, 0.05) is 31.7 Å². The summed E-state index contributed by atoms with van der Waals surface area (Å²) in [6.45, 7) is -0.156. The van der Waals surface area contributed by atoms with Crippen LogP contribution in [-0.4, -0.2) is 87.7 Å². The third-order valence-corrected chi connectivity index (χ3v) is 7.06. The van der Waals surface area contributed by atoms with Crippen LogP contribution >= 0.6 is 0 Å². The quantitative estimate of drug-likeness (QED) is 0.499. The molecule has 1 heterocycles. The van der Waals surface area contributed by atoms with Crippen LogP contribution < -0.4 is 15.4 Å². The zero-order valence-corrected chi connectivity index (χ0v) is 21.2. The van der Waals surface area contributed by atoms with Crippen LogP contribution in [0.5, 0.6) is 5.75 Å². The normalized spacial score (nSPS) is 17.1. The van der Waals surface area contributed by atoms with Crippen molar-refractivity contribution >= 4 is 33.6 Å². The van der Waals surface area contributed by atoms with Crippen LogP contribution in [0.1, 0.15) is 5.56 Å². The Morgan fingerprint density at radius 1 is 1.03 bits per heavy atom. The number of urea groups is 1. The molecular formula is C24H30N4O7S. The molecule has 3 amide bonds. The van der Waals surface area contributed by atoms with Gasteiger partial charge in [0.05, 0.1) is 20.5 Å². The van der Waals surface area contributed by atoms with Crippen molar-refractivity contribution in [2.24, 2.45) is 0 Å². The number of carbonyl (C=O) groups is 3. The maximum absolute atomic E-state index is 13.3. The molecule has 2 atom stereocenters. The van der Waals surface area contributed by atoms with Crippen LogP contribution in [0.15, 0.2) is 54.6 Å². The molecule has 2 aromatic rings. The molecule has 2 aromatic carbocycles. The van der Waals surface area contributed by atoms with E-state index in [0.717, 1.165) is 16.1 Å². The van der Waals surface area contributed by atoms with Crippen molar-refractivity contribution in [1.82, 2.24) is 14.5 Å². The second-order valence-corrected chi connectivity index (χ2v) is 10.2. The average molecular weight is 519 g/mol. The van der Waals surface area contributed by atoms with Gasteiger partial charge < -0.3 is 25.0 Å².